The summed E-state index contributed by atoms with van der Waals surface area (Å²) in [6.07, 6.45) is 3.74. The highest BCUT2D eigenvalue weighted by Crippen LogP contribution is 2.24. The van der Waals surface area contributed by atoms with Crippen LogP contribution in [0, 0.1) is 11.3 Å². The fraction of sp³-hybridized carbons (Fsp3) is 0.0667. The van der Waals surface area contributed by atoms with Gasteiger partial charge >= 0.3 is 0 Å². The van der Waals surface area contributed by atoms with E-state index in [0.29, 0.717) is 12.1 Å². The molecular formula is C15H11N3S. The fourth-order valence-electron chi connectivity index (χ4n) is 2.02. The first-order valence-corrected chi connectivity index (χ1v) is 6.79. The molecule has 0 aliphatic heterocycles. The van der Waals surface area contributed by atoms with Gasteiger partial charge in [0, 0.05) is 12.4 Å². The molecule has 2 heterocycles. The standard InChI is InChI=1S/C15H11N3S/c16-10-12-4-1-2-5-13(12)11-18-8-7-17-15(18)14-6-3-9-19-14/h1-9H,11H2. The SMILES string of the molecule is N#Cc1ccccc1Cn1ccnc1-c1cccs1. The molecule has 0 unspecified atom stereocenters. The molecule has 0 saturated heterocycles. The number of rotatable bonds is 3. The maximum Gasteiger partial charge on any atom is 0.150 e. The van der Waals surface area contributed by atoms with E-state index in [9.17, 15) is 0 Å². The lowest BCUT2D eigenvalue weighted by molar-refractivity contribution is 0.806. The molecule has 0 N–H and O–H groups in total. The highest BCUT2D eigenvalue weighted by Gasteiger charge is 2.08. The molecule has 0 amide bonds. The predicted molar refractivity (Wildman–Crippen MR) is 75.8 cm³/mol. The van der Waals surface area contributed by atoms with Crippen molar-refractivity contribution < 1.29 is 0 Å². The van der Waals surface area contributed by atoms with Gasteiger partial charge in [-0.2, -0.15) is 5.26 Å². The highest BCUT2D eigenvalue weighted by molar-refractivity contribution is 7.13. The molecular weight excluding hydrogens is 254 g/mol. The largest absolute Gasteiger partial charge is 0.326 e. The van der Waals surface area contributed by atoms with E-state index < -0.39 is 0 Å². The number of benzene rings is 1. The highest BCUT2D eigenvalue weighted by atomic mass is 32.1. The first-order valence-electron chi connectivity index (χ1n) is 5.91. The molecule has 3 rings (SSSR count). The summed E-state index contributed by atoms with van der Waals surface area (Å²) in [5.41, 5.74) is 1.73. The van der Waals surface area contributed by atoms with Crippen molar-refractivity contribution in [2.45, 2.75) is 6.54 Å². The van der Waals surface area contributed by atoms with Crippen molar-refractivity contribution in [2.24, 2.45) is 0 Å². The number of hydrogen-bond donors (Lipinski definition) is 0. The summed E-state index contributed by atoms with van der Waals surface area (Å²) in [6.45, 7) is 0.664. The van der Waals surface area contributed by atoms with Crippen LogP contribution in [0.2, 0.25) is 0 Å². The zero-order valence-electron chi connectivity index (χ0n) is 10.2. The second-order valence-corrected chi connectivity index (χ2v) is 5.07. The number of aromatic nitrogens is 2. The lowest BCUT2D eigenvalue weighted by atomic mass is 10.1. The van der Waals surface area contributed by atoms with E-state index in [1.165, 1.54) is 0 Å². The fourth-order valence-corrected chi connectivity index (χ4v) is 2.75. The zero-order chi connectivity index (χ0) is 13.1. The first kappa shape index (κ1) is 11.7. The van der Waals surface area contributed by atoms with Crippen LogP contribution < -0.4 is 0 Å². The van der Waals surface area contributed by atoms with Crippen molar-refractivity contribution in [3.8, 4) is 16.8 Å². The number of nitriles is 1. The Balaban J connectivity index is 1.97. The molecule has 0 aliphatic rings. The van der Waals surface area contributed by atoms with Crippen molar-refractivity contribution in [3.63, 3.8) is 0 Å². The van der Waals surface area contributed by atoms with Crippen LogP contribution >= 0.6 is 11.3 Å². The van der Waals surface area contributed by atoms with E-state index in [4.69, 9.17) is 5.26 Å². The Hall–Kier alpha value is -2.38. The molecule has 0 spiro atoms. The second-order valence-electron chi connectivity index (χ2n) is 4.13. The van der Waals surface area contributed by atoms with E-state index in [1.54, 1.807) is 17.5 Å². The summed E-state index contributed by atoms with van der Waals surface area (Å²) in [6, 6.07) is 14.0. The Labute approximate surface area is 115 Å². The average molecular weight is 265 g/mol. The van der Waals surface area contributed by atoms with Gasteiger partial charge in [-0.15, -0.1) is 11.3 Å². The molecule has 0 atom stereocenters. The normalized spacial score (nSPS) is 10.3. The van der Waals surface area contributed by atoms with E-state index in [1.807, 2.05) is 41.9 Å². The van der Waals surface area contributed by atoms with Gasteiger partial charge in [-0.05, 0) is 23.1 Å². The maximum absolute atomic E-state index is 9.13. The quantitative estimate of drug-likeness (QED) is 0.727. The monoisotopic (exact) mass is 265 g/mol. The minimum Gasteiger partial charge on any atom is -0.326 e. The maximum atomic E-state index is 9.13. The van der Waals surface area contributed by atoms with Crippen LogP contribution in [0.1, 0.15) is 11.1 Å². The lowest BCUT2D eigenvalue weighted by Crippen LogP contribution is -2.02. The number of hydrogen-bond acceptors (Lipinski definition) is 3. The van der Waals surface area contributed by atoms with Gasteiger partial charge in [0.2, 0.25) is 0 Å². The first-order chi connectivity index (χ1) is 9.38. The Bertz CT molecular complexity index is 720. The second kappa shape index (κ2) is 5.09. The third kappa shape index (κ3) is 2.28. The number of thiophene rings is 1. The van der Waals surface area contributed by atoms with E-state index >= 15 is 0 Å². The molecule has 0 radical (unpaired) electrons. The topological polar surface area (TPSA) is 41.6 Å². The van der Waals surface area contributed by atoms with E-state index in [-0.39, 0.29) is 0 Å². The van der Waals surface area contributed by atoms with Crippen molar-refractivity contribution in [1.82, 2.24) is 9.55 Å². The molecule has 92 valence electrons. The van der Waals surface area contributed by atoms with Gasteiger partial charge in [0.15, 0.2) is 0 Å². The minimum absolute atomic E-state index is 0.664. The van der Waals surface area contributed by atoms with Crippen LogP contribution in [0.4, 0.5) is 0 Å². The molecule has 3 aromatic rings. The molecule has 3 nitrogen and oxygen atoms in total. The third-order valence-electron chi connectivity index (χ3n) is 2.94. The van der Waals surface area contributed by atoms with Crippen LogP contribution in [0.5, 0.6) is 0 Å². The number of imidazole rings is 1. The summed E-state index contributed by atoms with van der Waals surface area (Å²) in [4.78, 5) is 5.54. The summed E-state index contributed by atoms with van der Waals surface area (Å²) in [5.74, 6) is 0.947. The van der Waals surface area contributed by atoms with Crippen LogP contribution in [0.15, 0.2) is 54.2 Å². The Morgan fingerprint density at radius 2 is 2.11 bits per heavy atom. The van der Waals surface area contributed by atoms with Crippen molar-refractivity contribution in [3.05, 3.63) is 65.3 Å². The summed E-state index contributed by atoms with van der Waals surface area (Å²) in [7, 11) is 0. The van der Waals surface area contributed by atoms with Gasteiger partial charge in [0.05, 0.1) is 23.1 Å². The van der Waals surface area contributed by atoms with Gasteiger partial charge in [0.25, 0.3) is 0 Å². The Morgan fingerprint density at radius 3 is 2.89 bits per heavy atom. The molecule has 2 aromatic heterocycles. The third-order valence-corrected chi connectivity index (χ3v) is 3.80. The van der Waals surface area contributed by atoms with Gasteiger partial charge < -0.3 is 4.57 Å². The van der Waals surface area contributed by atoms with Crippen LogP contribution in [0.3, 0.4) is 0 Å². The van der Waals surface area contributed by atoms with Gasteiger partial charge in [-0.1, -0.05) is 24.3 Å². The van der Waals surface area contributed by atoms with Gasteiger partial charge in [-0.3, -0.25) is 0 Å². The summed E-state index contributed by atoms with van der Waals surface area (Å²) in [5, 5.41) is 11.2. The smallest absolute Gasteiger partial charge is 0.150 e. The van der Waals surface area contributed by atoms with Crippen molar-refractivity contribution in [1.29, 1.82) is 5.26 Å². The van der Waals surface area contributed by atoms with Crippen molar-refractivity contribution in [2.75, 3.05) is 0 Å². The molecule has 1 aromatic carbocycles. The summed E-state index contributed by atoms with van der Waals surface area (Å²) < 4.78 is 2.07. The van der Waals surface area contributed by atoms with Crippen LogP contribution in [-0.4, -0.2) is 9.55 Å². The molecule has 19 heavy (non-hydrogen) atoms. The Kier molecular flexibility index (Phi) is 3.13. The average Bonchev–Trinajstić information content (AvgIpc) is 3.09. The molecule has 0 aliphatic carbocycles. The van der Waals surface area contributed by atoms with Crippen LogP contribution in [0.25, 0.3) is 10.7 Å². The molecule has 4 heteroatoms. The minimum atomic E-state index is 0.664. The summed E-state index contributed by atoms with van der Waals surface area (Å²) >= 11 is 1.67. The van der Waals surface area contributed by atoms with Crippen molar-refractivity contribution >= 4 is 11.3 Å². The molecule has 0 saturated carbocycles. The van der Waals surface area contributed by atoms with Gasteiger partial charge in [0.1, 0.15) is 5.82 Å². The molecule has 0 bridgehead atoms. The van der Waals surface area contributed by atoms with Crippen LogP contribution in [-0.2, 0) is 6.54 Å². The Morgan fingerprint density at radius 1 is 1.21 bits per heavy atom. The lowest BCUT2D eigenvalue weighted by Gasteiger charge is -2.08. The zero-order valence-corrected chi connectivity index (χ0v) is 11.0. The number of nitrogens with zero attached hydrogens (tertiary/aromatic N) is 3. The molecule has 0 fully saturated rings. The van der Waals surface area contributed by atoms with E-state index in [0.717, 1.165) is 16.3 Å². The van der Waals surface area contributed by atoms with E-state index in [2.05, 4.69) is 21.7 Å². The van der Waals surface area contributed by atoms with Gasteiger partial charge in [-0.25, -0.2) is 4.98 Å². The predicted octanol–water partition coefficient (Wildman–Crippen LogP) is 3.53.